The van der Waals surface area contributed by atoms with Crippen molar-refractivity contribution in [2.24, 2.45) is 17.1 Å². The fourth-order valence-corrected chi connectivity index (χ4v) is 3.09. The lowest BCUT2D eigenvalue weighted by atomic mass is 9.90. The van der Waals surface area contributed by atoms with Gasteiger partial charge in [-0.3, -0.25) is 4.79 Å². The van der Waals surface area contributed by atoms with Gasteiger partial charge in [0, 0.05) is 13.1 Å². The van der Waals surface area contributed by atoms with Gasteiger partial charge in [0.1, 0.15) is 5.75 Å². The van der Waals surface area contributed by atoms with Crippen LogP contribution in [0.4, 0.5) is 0 Å². The molecule has 22 heavy (non-hydrogen) atoms. The summed E-state index contributed by atoms with van der Waals surface area (Å²) in [5.41, 5.74) is 5.87. The van der Waals surface area contributed by atoms with Crippen LogP contribution in [0.5, 0.6) is 5.75 Å². The summed E-state index contributed by atoms with van der Waals surface area (Å²) in [7, 11) is 0. The molecule has 0 aliphatic carbocycles. The Labute approximate surface area is 141 Å². The molecular formula is C17H25BrN2O2. The van der Waals surface area contributed by atoms with Crippen molar-refractivity contribution in [2.45, 2.75) is 33.3 Å². The summed E-state index contributed by atoms with van der Waals surface area (Å²) in [6.07, 6.45) is 0.480. The minimum Gasteiger partial charge on any atom is -0.479 e. The van der Waals surface area contributed by atoms with Gasteiger partial charge >= 0.3 is 0 Å². The fraction of sp³-hybridized carbons (Fsp3) is 0.588. The number of halogens is 1. The third kappa shape index (κ3) is 3.82. The average Bonchev–Trinajstić information content (AvgIpc) is 2.89. The van der Waals surface area contributed by atoms with Gasteiger partial charge in [-0.1, -0.05) is 32.9 Å². The minimum atomic E-state index is -0.473. The van der Waals surface area contributed by atoms with Gasteiger partial charge in [-0.15, -0.1) is 0 Å². The predicted molar refractivity (Wildman–Crippen MR) is 91.8 cm³/mol. The van der Waals surface area contributed by atoms with E-state index in [0.717, 1.165) is 17.4 Å². The van der Waals surface area contributed by atoms with Gasteiger partial charge in [0.25, 0.3) is 5.91 Å². The van der Waals surface area contributed by atoms with Crippen molar-refractivity contribution in [3.63, 3.8) is 0 Å². The highest BCUT2D eigenvalue weighted by atomic mass is 79.9. The zero-order valence-corrected chi connectivity index (χ0v) is 15.1. The molecular weight excluding hydrogens is 344 g/mol. The van der Waals surface area contributed by atoms with E-state index in [1.165, 1.54) is 0 Å². The van der Waals surface area contributed by atoms with Crippen LogP contribution in [0, 0.1) is 11.3 Å². The molecule has 2 N–H and O–H groups in total. The molecule has 1 amide bonds. The first kappa shape index (κ1) is 17.3. The van der Waals surface area contributed by atoms with Crippen LogP contribution in [-0.2, 0) is 4.79 Å². The van der Waals surface area contributed by atoms with Crippen molar-refractivity contribution in [2.75, 3.05) is 19.6 Å². The van der Waals surface area contributed by atoms with Gasteiger partial charge in [-0.25, -0.2) is 0 Å². The summed E-state index contributed by atoms with van der Waals surface area (Å²) >= 11 is 3.47. The molecule has 2 atom stereocenters. The van der Waals surface area contributed by atoms with E-state index >= 15 is 0 Å². The van der Waals surface area contributed by atoms with Crippen molar-refractivity contribution >= 4 is 21.8 Å². The summed E-state index contributed by atoms with van der Waals surface area (Å²) in [5, 5.41) is 0. The smallest absolute Gasteiger partial charge is 0.263 e. The SMILES string of the molecule is CC(C)C(Oc1ccccc1Br)C(=O)N1CCC(C)(CN)C1. The number of carbonyl (C=O) groups excluding carboxylic acids is 1. The molecule has 1 saturated heterocycles. The number of ether oxygens (including phenoxy) is 1. The molecule has 0 bridgehead atoms. The van der Waals surface area contributed by atoms with Crippen LogP contribution in [0.15, 0.2) is 28.7 Å². The number of hydrogen-bond donors (Lipinski definition) is 1. The first-order chi connectivity index (χ1) is 10.4. The van der Waals surface area contributed by atoms with Crippen molar-refractivity contribution < 1.29 is 9.53 Å². The zero-order valence-electron chi connectivity index (χ0n) is 13.5. The third-order valence-electron chi connectivity index (χ3n) is 4.30. The van der Waals surface area contributed by atoms with Crippen LogP contribution >= 0.6 is 15.9 Å². The van der Waals surface area contributed by atoms with Crippen LogP contribution in [0.2, 0.25) is 0 Å². The van der Waals surface area contributed by atoms with Gasteiger partial charge in [-0.2, -0.15) is 0 Å². The molecule has 4 nitrogen and oxygen atoms in total. The fourth-order valence-electron chi connectivity index (χ4n) is 2.71. The molecule has 2 rings (SSSR count). The van der Waals surface area contributed by atoms with Crippen LogP contribution < -0.4 is 10.5 Å². The molecule has 1 aliphatic rings. The van der Waals surface area contributed by atoms with E-state index in [0.29, 0.717) is 18.8 Å². The number of carbonyl (C=O) groups is 1. The second kappa shape index (κ2) is 7.01. The Kier molecular flexibility index (Phi) is 5.50. The molecule has 1 fully saturated rings. The first-order valence-electron chi connectivity index (χ1n) is 7.76. The van der Waals surface area contributed by atoms with Gasteiger partial charge in [0.05, 0.1) is 4.47 Å². The highest BCUT2D eigenvalue weighted by molar-refractivity contribution is 9.10. The van der Waals surface area contributed by atoms with Gasteiger partial charge in [-0.05, 0) is 52.4 Å². The standard InChI is InChI=1S/C17H25BrN2O2/c1-12(2)15(22-14-7-5-4-6-13(14)18)16(21)20-9-8-17(3,10-19)11-20/h4-7,12,15H,8-11,19H2,1-3H3. The average molecular weight is 369 g/mol. The lowest BCUT2D eigenvalue weighted by Gasteiger charge is -2.28. The van der Waals surface area contributed by atoms with Crippen LogP contribution in [0.3, 0.4) is 0 Å². The van der Waals surface area contributed by atoms with Crippen molar-refractivity contribution in [3.8, 4) is 5.75 Å². The molecule has 0 spiro atoms. The molecule has 1 heterocycles. The molecule has 5 heteroatoms. The van der Waals surface area contributed by atoms with E-state index in [-0.39, 0.29) is 17.2 Å². The highest BCUT2D eigenvalue weighted by Gasteiger charge is 2.38. The monoisotopic (exact) mass is 368 g/mol. The molecule has 0 radical (unpaired) electrons. The molecule has 1 aromatic carbocycles. The van der Waals surface area contributed by atoms with Gasteiger partial charge in [0.2, 0.25) is 0 Å². The number of para-hydroxylation sites is 1. The molecule has 2 unspecified atom stereocenters. The zero-order chi connectivity index (χ0) is 16.3. The van der Waals surface area contributed by atoms with E-state index < -0.39 is 6.10 Å². The maximum absolute atomic E-state index is 12.9. The minimum absolute atomic E-state index is 0.0323. The summed E-state index contributed by atoms with van der Waals surface area (Å²) in [6, 6.07) is 7.62. The Morgan fingerprint density at radius 3 is 2.68 bits per heavy atom. The Balaban J connectivity index is 2.12. The van der Waals surface area contributed by atoms with Crippen LogP contribution in [0.1, 0.15) is 27.2 Å². The number of nitrogens with zero attached hydrogens (tertiary/aromatic N) is 1. The predicted octanol–water partition coefficient (Wildman–Crippen LogP) is 3.05. The Bertz CT molecular complexity index is 535. The second-order valence-electron chi connectivity index (χ2n) is 6.74. The largest absolute Gasteiger partial charge is 0.479 e. The maximum Gasteiger partial charge on any atom is 0.263 e. The lowest BCUT2D eigenvalue weighted by Crippen LogP contribution is -2.45. The molecule has 1 aliphatic heterocycles. The van der Waals surface area contributed by atoms with Crippen LogP contribution in [-0.4, -0.2) is 36.5 Å². The molecule has 0 saturated carbocycles. The molecule has 122 valence electrons. The first-order valence-corrected chi connectivity index (χ1v) is 8.55. The van der Waals surface area contributed by atoms with Crippen molar-refractivity contribution in [1.29, 1.82) is 0 Å². The van der Waals surface area contributed by atoms with Crippen LogP contribution in [0.25, 0.3) is 0 Å². The van der Waals surface area contributed by atoms with E-state index in [4.69, 9.17) is 10.5 Å². The third-order valence-corrected chi connectivity index (χ3v) is 4.96. The normalized spacial score (nSPS) is 22.9. The number of amides is 1. The van der Waals surface area contributed by atoms with E-state index in [9.17, 15) is 4.79 Å². The highest BCUT2D eigenvalue weighted by Crippen LogP contribution is 2.31. The van der Waals surface area contributed by atoms with Crippen molar-refractivity contribution in [1.82, 2.24) is 4.90 Å². The van der Waals surface area contributed by atoms with Crippen molar-refractivity contribution in [3.05, 3.63) is 28.7 Å². The number of rotatable bonds is 5. The molecule has 0 aromatic heterocycles. The second-order valence-corrected chi connectivity index (χ2v) is 7.59. The van der Waals surface area contributed by atoms with E-state index in [1.807, 2.05) is 43.0 Å². The Morgan fingerprint density at radius 1 is 1.45 bits per heavy atom. The number of benzene rings is 1. The Hall–Kier alpha value is -1.07. The summed E-state index contributed by atoms with van der Waals surface area (Å²) in [5.74, 6) is 0.864. The summed E-state index contributed by atoms with van der Waals surface area (Å²) in [6.45, 7) is 8.24. The number of nitrogens with two attached hydrogens (primary N) is 1. The summed E-state index contributed by atoms with van der Waals surface area (Å²) < 4.78 is 6.88. The Morgan fingerprint density at radius 2 is 2.14 bits per heavy atom. The number of hydrogen-bond acceptors (Lipinski definition) is 3. The number of likely N-dealkylation sites (tertiary alicyclic amines) is 1. The quantitative estimate of drug-likeness (QED) is 0.868. The van der Waals surface area contributed by atoms with E-state index in [2.05, 4.69) is 22.9 Å². The van der Waals surface area contributed by atoms with Gasteiger partial charge < -0.3 is 15.4 Å². The maximum atomic E-state index is 12.9. The van der Waals surface area contributed by atoms with E-state index in [1.54, 1.807) is 0 Å². The lowest BCUT2D eigenvalue weighted by molar-refractivity contribution is -0.140. The van der Waals surface area contributed by atoms with Gasteiger partial charge in [0.15, 0.2) is 6.10 Å². The molecule has 1 aromatic rings. The topological polar surface area (TPSA) is 55.6 Å². The summed E-state index contributed by atoms with van der Waals surface area (Å²) in [4.78, 5) is 14.7.